The highest BCUT2D eigenvalue weighted by Crippen LogP contribution is 2.36. The molecule has 0 bridgehead atoms. The van der Waals surface area contributed by atoms with Gasteiger partial charge in [-0.25, -0.2) is 0 Å². The SMILES string of the molecule is COc1cccc([C@@H](c2ccc(C3CN(CCC(=O)O)C3)cc2)N2C[C@@H](C)N(Cc3ccccc3)C[C@@H]2C)c1. The van der Waals surface area contributed by atoms with Crippen LogP contribution in [0, 0.1) is 0 Å². The average molecular weight is 528 g/mol. The first-order chi connectivity index (χ1) is 18.9. The normalized spacial score (nSPS) is 21.8. The van der Waals surface area contributed by atoms with Gasteiger partial charge in [-0.2, -0.15) is 0 Å². The van der Waals surface area contributed by atoms with Gasteiger partial charge in [0.05, 0.1) is 19.6 Å². The van der Waals surface area contributed by atoms with Gasteiger partial charge in [0.15, 0.2) is 0 Å². The Balaban J connectivity index is 1.35. The molecule has 2 fully saturated rings. The van der Waals surface area contributed by atoms with Crippen LogP contribution in [0.3, 0.4) is 0 Å². The molecule has 3 atom stereocenters. The molecule has 2 saturated heterocycles. The molecule has 6 nitrogen and oxygen atoms in total. The monoisotopic (exact) mass is 527 g/mol. The molecule has 1 N–H and O–H groups in total. The molecule has 39 heavy (non-hydrogen) atoms. The van der Waals surface area contributed by atoms with Crippen molar-refractivity contribution in [2.24, 2.45) is 0 Å². The van der Waals surface area contributed by atoms with Crippen molar-refractivity contribution in [3.8, 4) is 5.75 Å². The lowest BCUT2D eigenvalue weighted by atomic mass is 9.88. The van der Waals surface area contributed by atoms with Crippen molar-refractivity contribution in [3.05, 3.63) is 101 Å². The van der Waals surface area contributed by atoms with E-state index in [-0.39, 0.29) is 12.5 Å². The fourth-order valence-electron chi connectivity index (χ4n) is 6.18. The maximum absolute atomic E-state index is 10.9. The summed E-state index contributed by atoms with van der Waals surface area (Å²) in [7, 11) is 1.73. The summed E-state index contributed by atoms with van der Waals surface area (Å²) >= 11 is 0. The highest BCUT2D eigenvalue weighted by molar-refractivity contribution is 5.66. The minimum absolute atomic E-state index is 0.138. The molecule has 2 heterocycles. The molecule has 3 aromatic rings. The van der Waals surface area contributed by atoms with E-state index in [1.165, 1.54) is 22.3 Å². The lowest BCUT2D eigenvalue weighted by Gasteiger charge is -2.48. The summed E-state index contributed by atoms with van der Waals surface area (Å²) < 4.78 is 5.61. The molecule has 3 aromatic carbocycles. The standard InChI is InChI=1S/C33H41N3O3/c1-24-20-36(25(2)19-35(24)21-26-8-5-4-6-9-26)33(29-10-7-11-31(18-29)39-3)28-14-12-27(13-15-28)30-22-34(23-30)17-16-32(37)38/h4-15,18,24-25,30,33H,16-17,19-23H2,1-3H3,(H,37,38)/t24-,25+,33-/m1/s1. The molecule has 0 amide bonds. The summed E-state index contributed by atoms with van der Waals surface area (Å²) in [5, 5.41) is 8.96. The maximum atomic E-state index is 10.9. The van der Waals surface area contributed by atoms with Crippen LogP contribution in [0.15, 0.2) is 78.9 Å². The molecule has 0 aromatic heterocycles. The van der Waals surface area contributed by atoms with Gasteiger partial charge in [-0.3, -0.25) is 14.6 Å². The summed E-state index contributed by atoms with van der Waals surface area (Å²) in [6.07, 6.45) is 0.211. The fraction of sp³-hybridized carbons (Fsp3) is 0.424. The number of piperazine rings is 1. The third kappa shape index (κ3) is 6.52. The van der Waals surface area contributed by atoms with Crippen LogP contribution in [0.25, 0.3) is 0 Å². The number of carboxylic acids is 1. The lowest BCUT2D eigenvalue weighted by Crippen LogP contribution is -2.56. The second-order valence-electron chi connectivity index (χ2n) is 11.3. The average Bonchev–Trinajstić information content (AvgIpc) is 2.92. The Morgan fingerprint density at radius 3 is 2.33 bits per heavy atom. The summed E-state index contributed by atoms with van der Waals surface area (Å²) in [5.74, 6) is 0.632. The molecule has 0 saturated carbocycles. The molecule has 2 aliphatic rings. The molecular weight excluding hydrogens is 486 g/mol. The summed E-state index contributed by atoms with van der Waals surface area (Å²) in [6.45, 7) is 10.2. The van der Waals surface area contributed by atoms with Crippen LogP contribution in [0.4, 0.5) is 0 Å². The van der Waals surface area contributed by atoms with E-state index in [1.54, 1.807) is 7.11 Å². The molecule has 0 aliphatic carbocycles. The van der Waals surface area contributed by atoms with E-state index < -0.39 is 5.97 Å². The number of benzene rings is 3. The first kappa shape index (κ1) is 27.4. The predicted molar refractivity (Wildman–Crippen MR) is 155 cm³/mol. The Kier molecular flexibility index (Phi) is 8.66. The molecule has 0 unspecified atom stereocenters. The minimum Gasteiger partial charge on any atom is -0.497 e. The van der Waals surface area contributed by atoms with Crippen LogP contribution in [0.1, 0.15) is 54.5 Å². The van der Waals surface area contributed by atoms with Crippen LogP contribution in [-0.2, 0) is 11.3 Å². The van der Waals surface area contributed by atoms with Crippen molar-refractivity contribution in [3.63, 3.8) is 0 Å². The number of carboxylic acid groups (broad SMARTS) is 1. The van der Waals surface area contributed by atoms with E-state index in [1.807, 2.05) is 6.07 Å². The lowest BCUT2D eigenvalue weighted by molar-refractivity contribution is -0.137. The van der Waals surface area contributed by atoms with Gasteiger partial charge < -0.3 is 14.7 Å². The van der Waals surface area contributed by atoms with Gasteiger partial charge in [0.25, 0.3) is 0 Å². The number of carbonyl (C=O) groups is 1. The zero-order valence-corrected chi connectivity index (χ0v) is 23.4. The second kappa shape index (κ2) is 12.3. The number of hydrogen-bond acceptors (Lipinski definition) is 5. The number of ether oxygens (including phenoxy) is 1. The van der Waals surface area contributed by atoms with E-state index >= 15 is 0 Å². The topological polar surface area (TPSA) is 56.2 Å². The van der Waals surface area contributed by atoms with Gasteiger partial charge in [0, 0.05) is 57.3 Å². The zero-order chi connectivity index (χ0) is 27.4. The van der Waals surface area contributed by atoms with E-state index in [9.17, 15) is 4.79 Å². The van der Waals surface area contributed by atoms with Crippen LogP contribution >= 0.6 is 0 Å². The highest BCUT2D eigenvalue weighted by atomic mass is 16.5. The van der Waals surface area contributed by atoms with Crippen molar-refractivity contribution in [2.75, 3.05) is 39.8 Å². The molecule has 0 spiro atoms. The summed E-state index contributed by atoms with van der Waals surface area (Å²) in [6, 6.07) is 29.4. The van der Waals surface area contributed by atoms with Gasteiger partial charge >= 0.3 is 5.97 Å². The third-order valence-electron chi connectivity index (χ3n) is 8.46. The van der Waals surface area contributed by atoms with Crippen LogP contribution < -0.4 is 4.74 Å². The smallest absolute Gasteiger partial charge is 0.304 e. The number of aliphatic carboxylic acids is 1. The Hall–Kier alpha value is -3.19. The fourth-order valence-corrected chi connectivity index (χ4v) is 6.18. The van der Waals surface area contributed by atoms with E-state index in [0.29, 0.717) is 24.5 Å². The Morgan fingerprint density at radius 2 is 1.64 bits per heavy atom. The Labute approximate surface area is 232 Å². The number of hydrogen-bond donors (Lipinski definition) is 1. The van der Waals surface area contributed by atoms with Gasteiger partial charge in [-0.05, 0) is 48.2 Å². The predicted octanol–water partition coefficient (Wildman–Crippen LogP) is 5.25. The molecule has 6 heteroatoms. The summed E-state index contributed by atoms with van der Waals surface area (Å²) in [5.41, 5.74) is 5.25. The molecule has 0 radical (unpaired) electrons. The van der Waals surface area contributed by atoms with Gasteiger partial charge in [-0.15, -0.1) is 0 Å². The number of methoxy groups -OCH3 is 1. The zero-order valence-electron chi connectivity index (χ0n) is 23.4. The van der Waals surface area contributed by atoms with Crippen molar-refractivity contribution in [2.45, 2.75) is 50.9 Å². The van der Waals surface area contributed by atoms with Crippen molar-refractivity contribution >= 4 is 5.97 Å². The van der Waals surface area contributed by atoms with Crippen molar-refractivity contribution in [1.29, 1.82) is 0 Å². The Bertz CT molecular complexity index is 1230. The quantitative estimate of drug-likeness (QED) is 0.389. The van der Waals surface area contributed by atoms with Crippen LogP contribution in [-0.4, -0.2) is 77.7 Å². The highest BCUT2D eigenvalue weighted by Gasteiger charge is 2.35. The van der Waals surface area contributed by atoms with E-state index in [0.717, 1.165) is 38.5 Å². The molecule has 2 aliphatic heterocycles. The largest absolute Gasteiger partial charge is 0.497 e. The van der Waals surface area contributed by atoms with Gasteiger partial charge in [-0.1, -0.05) is 66.7 Å². The Morgan fingerprint density at radius 1 is 0.897 bits per heavy atom. The maximum Gasteiger partial charge on any atom is 0.304 e. The second-order valence-corrected chi connectivity index (χ2v) is 11.3. The third-order valence-corrected chi connectivity index (χ3v) is 8.46. The van der Waals surface area contributed by atoms with Crippen LogP contribution in [0.5, 0.6) is 5.75 Å². The first-order valence-corrected chi connectivity index (χ1v) is 14.1. The van der Waals surface area contributed by atoms with Crippen molar-refractivity contribution in [1.82, 2.24) is 14.7 Å². The number of likely N-dealkylation sites (tertiary alicyclic amines) is 1. The van der Waals surface area contributed by atoms with Crippen LogP contribution in [0.2, 0.25) is 0 Å². The van der Waals surface area contributed by atoms with Crippen molar-refractivity contribution < 1.29 is 14.6 Å². The molecule has 206 valence electrons. The molecular formula is C33H41N3O3. The molecule has 5 rings (SSSR count). The van der Waals surface area contributed by atoms with E-state index in [2.05, 4.69) is 101 Å². The van der Waals surface area contributed by atoms with Gasteiger partial charge in [0.1, 0.15) is 5.75 Å². The first-order valence-electron chi connectivity index (χ1n) is 14.1. The number of nitrogens with zero attached hydrogens (tertiary/aromatic N) is 3. The van der Waals surface area contributed by atoms with Gasteiger partial charge in [0.2, 0.25) is 0 Å². The minimum atomic E-state index is -0.726. The summed E-state index contributed by atoms with van der Waals surface area (Å²) in [4.78, 5) is 18.4. The van der Waals surface area contributed by atoms with E-state index in [4.69, 9.17) is 9.84 Å². The number of rotatable bonds is 10.